The number of benzene rings is 2. The number of amides is 1. The number of anilines is 1. The molecule has 0 aliphatic rings. The van der Waals surface area contributed by atoms with Gasteiger partial charge in [-0.3, -0.25) is 4.79 Å². The zero-order valence-electron chi connectivity index (χ0n) is 12.3. The molecule has 1 aromatic heterocycles. The molecule has 0 saturated carbocycles. The standard InChI is InChI=1S/C17H15FN2OS/c1-10-7-11(2)16-14(8-10)22-17(20-16)19-15(21)9-12-3-5-13(18)6-4-12/h3-8H,9H2,1-2H3,(H,19,20,21). The zero-order chi connectivity index (χ0) is 15.7. The molecule has 1 N–H and O–H groups in total. The summed E-state index contributed by atoms with van der Waals surface area (Å²) in [6, 6.07) is 10.1. The third-order valence-corrected chi connectivity index (χ3v) is 4.27. The maximum atomic E-state index is 12.9. The number of thiazole rings is 1. The van der Waals surface area contributed by atoms with Crippen LogP contribution in [0, 0.1) is 19.7 Å². The summed E-state index contributed by atoms with van der Waals surface area (Å²) >= 11 is 1.46. The van der Waals surface area contributed by atoms with Crippen LogP contribution in [0.3, 0.4) is 0 Å². The highest BCUT2D eigenvalue weighted by Crippen LogP contribution is 2.29. The van der Waals surface area contributed by atoms with Gasteiger partial charge in [0.2, 0.25) is 5.91 Å². The van der Waals surface area contributed by atoms with Gasteiger partial charge >= 0.3 is 0 Å². The van der Waals surface area contributed by atoms with E-state index in [1.54, 1.807) is 12.1 Å². The van der Waals surface area contributed by atoms with Gasteiger partial charge in [-0.2, -0.15) is 0 Å². The summed E-state index contributed by atoms with van der Waals surface area (Å²) in [6.07, 6.45) is 0.203. The van der Waals surface area contributed by atoms with Crippen LogP contribution >= 0.6 is 11.3 Å². The van der Waals surface area contributed by atoms with Crippen molar-refractivity contribution in [2.75, 3.05) is 5.32 Å². The summed E-state index contributed by atoms with van der Waals surface area (Å²) in [6.45, 7) is 4.05. The summed E-state index contributed by atoms with van der Waals surface area (Å²) in [7, 11) is 0. The minimum absolute atomic E-state index is 0.153. The number of fused-ring (bicyclic) bond motifs is 1. The number of rotatable bonds is 3. The molecule has 3 rings (SSSR count). The number of nitrogens with zero attached hydrogens (tertiary/aromatic N) is 1. The molecule has 3 aromatic rings. The molecule has 112 valence electrons. The molecular weight excluding hydrogens is 299 g/mol. The lowest BCUT2D eigenvalue weighted by Gasteiger charge is -2.01. The van der Waals surface area contributed by atoms with Crippen LogP contribution in [0.4, 0.5) is 9.52 Å². The van der Waals surface area contributed by atoms with Crippen LogP contribution < -0.4 is 5.32 Å². The Balaban J connectivity index is 1.76. The number of carbonyl (C=O) groups is 1. The Hall–Kier alpha value is -2.27. The van der Waals surface area contributed by atoms with E-state index in [4.69, 9.17) is 0 Å². The first-order valence-electron chi connectivity index (χ1n) is 6.93. The van der Waals surface area contributed by atoms with E-state index in [9.17, 15) is 9.18 Å². The number of hydrogen-bond donors (Lipinski definition) is 1. The molecule has 1 heterocycles. The Morgan fingerprint density at radius 2 is 1.95 bits per heavy atom. The second-order valence-electron chi connectivity index (χ2n) is 5.30. The number of nitrogens with one attached hydrogen (secondary N) is 1. The Morgan fingerprint density at radius 3 is 2.68 bits per heavy atom. The average molecular weight is 314 g/mol. The van der Waals surface area contributed by atoms with Gasteiger partial charge in [0, 0.05) is 0 Å². The molecule has 0 aliphatic carbocycles. The van der Waals surface area contributed by atoms with Crippen molar-refractivity contribution in [3.63, 3.8) is 0 Å². The van der Waals surface area contributed by atoms with Crippen LogP contribution in [0.25, 0.3) is 10.2 Å². The lowest BCUT2D eigenvalue weighted by atomic mass is 10.1. The molecule has 0 radical (unpaired) electrons. The molecule has 1 amide bonds. The Labute approximate surface area is 131 Å². The minimum Gasteiger partial charge on any atom is -0.302 e. The average Bonchev–Trinajstić information content (AvgIpc) is 2.84. The topological polar surface area (TPSA) is 42.0 Å². The second kappa shape index (κ2) is 5.85. The zero-order valence-corrected chi connectivity index (χ0v) is 13.1. The molecule has 0 spiro atoms. The van der Waals surface area contributed by atoms with Crippen LogP contribution in [0.2, 0.25) is 0 Å². The highest BCUT2D eigenvalue weighted by molar-refractivity contribution is 7.22. The van der Waals surface area contributed by atoms with Gasteiger partial charge in [-0.15, -0.1) is 0 Å². The van der Waals surface area contributed by atoms with Crippen molar-refractivity contribution in [1.82, 2.24) is 4.98 Å². The smallest absolute Gasteiger partial charge is 0.230 e. The highest BCUT2D eigenvalue weighted by atomic mass is 32.1. The maximum absolute atomic E-state index is 12.9. The molecular formula is C17H15FN2OS. The first-order valence-corrected chi connectivity index (χ1v) is 7.75. The van der Waals surface area contributed by atoms with E-state index in [-0.39, 0.29) is 18.1 Å². The van der Waals surface area contributed by atoms with E-state index >= 15 is 0 Å². The number of aromatic nitrogens is 1. The van der Waals surface area contributed by atoms with Crippen molar-refractivity contribution in [2.24, 2.45) is 0 Å². The predicted octanol–water partition coefficient (Wildman–Crippen LogP) is 4.23. The molecule has 22 heavy (non-hydrogen) atoms. The van der Waals surface area contributed by atoms with Crippen LogP contribution in [-0.4, -0.2) is 10.9 Å². The molecule has 0 bridgehead atoms. The van der Waals surface area contributed by atoms with E-state index in [1.807, 2.05) is 13.8 Å². The van der Waals surface area contributed by atoms with E-state index in [0.29, 0.717) is 5.13 Å². The summed E-state index contributed by atoms with van der Waals surface area (Å²) < 4.78 is 13.9. The van der Waals surface area contributed by atoms with Crippen molar-refractivity contribution in [2.45, 2.75) is 20.3 Å². The van der Waals surface area contributed by atoms with E-state index in [2.05, 4.69) is 22.4 Å². The predicted molar refractivity (Wildman–Crippen MR) is 87.8 cm³/mol. The first kappa shape index (κ1) is 14.7. The molecule has 2 aromatic carbocycles. The van der Waals surface area contributed by atoms with Crippen molar-refractivity contribution in [3.8, 4) is 0 Å². The third kappa shape index (κ3) is 3.14. The maximum Gasteiger partial charge on any atom is 0.230 e. The van der Waals surface area contributed by atoms with Gasteiger partial charge in [-0.05, 0) is 48.7 Å². The molecule has 0 atom stereocenters. The Kier molecular flexibility index (Phi) is 3.90. The van der Waals surface area contributed by atoms with Crippen LogP contribution in [0.1, 0.15) is 16.7 Å². The molecule has 0 aliphatic heterocycles. The Morgan fingerprint density at radius 1 is 1.23 bits per heavy atom. The van der Waals surface area contributed by atoms with Gasteiger partial charge in [0.05, 0.1) is 16.6 Å². The quantitative estimate of drug-likeness (QED) is 0.786. The fourth-order valence-corrected chi connectivity index (χ4v) is 3.43. The van der Waals surface area contributed by atoms with Crippen molar-refractivity contribution >= 4 is 32.6 Å². The van der Waals surface area contributed by atoms with E-state index in [0.717, 1.165) is 21.3 Å². The van der Waals surface area contributed by atoms with E-state index in [1.165, 1.54) is 29.0 Å². The van der Waals surface area contributed by atoms with E-state index < -0.39 is 0 Å². The second-order valence-corrected chi connectivity index (χ2v) is 6.33. The van der Waals surface area contributed by atoms with Crippen molar-refractivity contribution < 1.29 is 9.18 Å². The third-order valence-electron chi connectivity index (χ3n) is 3.35. The molecule has 0 saturated heterocycles. The van der Waals surface area contributed by atoms with Crippen molar-refractivity contribution in [3.05, 3.63) is 58.9 Å². The normalized spacial score (nSPS) is 10.9. The number of halogens is 1. The highest BCUT2D eigenvalue weighted by Gasteiger charge is 2.10. The van der Waals surface area contributed by atoms with Gasteiger partial charge in [0.1, 0.15) is 5.82 Å². The van der Waals surface area contributed by atoms with Crippen LogP contribution in [0.5, 0.6) is 0 Å². The van der Waals surface area contributed by atoms with Gasteiger partial charge in [0.25, 0.3) is 0 Å². The number of hydrogen-bond acceptors (Lipinski definition) is 3. The summed E-state index contributed by atoms with van der Waals surface area (Å²) in [5, 5.41) is 3.41. The molecule has 3 nitrogen and oxygen atoms in total. The van der Waals surface area contributed by atoms with Gasteiger partial charge < -0.3 is 5.32 Å². The lowest BCUT2D eigenvalue weighted by Crippen LogP contribution is -2.14. The fourth-order valence-electron chi connectivity index (χ4n) is 2.38. The van der Waals surface area contributed by atoms with Gasteiger partial charge in [0.15, 0.2) is 5.13 Å². The lowest BCUT2D eigenvalue weighted by molar-refractivity contribution is -0.115. The SMILES string of the molecule is Cc1cc(C)c2nc(NC(=O)Cc3ccc(F)cc3)sc2c1. The number of carbonyl (C=O) groups excluding carboxylic acids is 1. The molecule has 0 fully saturated rings. The summed E-state index contributed by atoms with van der Waals surface area (Å²) in [4.78, 5) is 16.5. The van der Waals surface area contributed by atoms with Gasteiger partial charge in [-0.1, -0.05) is 29.5 Å². The largest absolute Gasteiger partial charge is 0.302 e. The fraction of sp³-hybridized carbons (Fsp3) is 0.176. The first-order chi connectivity index (χ1) is 10.5. The van der Waals surface area contributed by atoms with Crippen LogP contribution in [-0.2, 0) is 11.2 Å². The molecule has 0 unspecified atom stereocenters. The number of aryl methyl sites for hydroxylation is 2. The molecule has 5 heteroatoms. The summed E-state index contributed by atoms with van der Waals surface area (Å²) in [5.74, 6) is -0.457. The Bertz CT molecular complexity index is 840. The van der Waals surface area contributed by atoms with Crippen LogP contribution in [0.15, 0.2) is 36.4 Å². The van der Waals surface area contributed by atoms with Crippen molar-refractivity contribution in [1.29, 1.82) is 0 Å². The monoisotopic (exact) mass is 314 g/mol. The summed E-state index contributed by atoms with van der Waals surface area (Å²) in [5.41, 5.74) is 3.97. The van der Waals surface area contributed by atoms with Gasteiger partial charge in [-0.25, -0.2) is 9.37 Å². The minimum atomic E-state index is -0.304.